The molecule has 0 unspecified atom stereocenters. The van der Waals surface area contributed by atoms with Crippen LogP contribution in [0.3, 0.4) is 0 Å². The number of rotatable bonds is 5. The molecule has 0 atom stereocenters. The summed E-state index contributed by atoms with van der Waals surface area (Å²) in [6, 6.07) is 17.8. The first-order valence-electron chi connectivity index (χ1n) is 9.82. The SMILES string of the molecule is O=C(NCCC1=CCCCC1)c1cc(-c2ccccc2)nc2ccc(Br)cc12. The first-order valence-corrected chi connectivity index (χ1v) is 10.6. The fraction of sp³-hybridized carbons (Fsp3) is 0.250. The lowest BCUT2D eigenvalue weighted by atomic mass is 9.97. The van der Waals surface area contributed by atoms with E-state index in [4.69, 9.17) is 4.98 Å². The van der Waals surface area contributed by atoms with Crippen LogP contribution < -0.4 is 5.32 Å². The van der Waals surface area contributed by atoms with Gasteiger partial charge in [0, 0.05) is 22.0 Å². The van der Waals surface area contributed by atoms with Gasteiger partial charge in [0.25, 0.3) is 5.91 Å². The van der Waals surface area contributed by atoms with E-state index in [0.29, 0.717) is 12.1 Å². The number of hydrogen-bond acceptors (Lipinski definition) is 2. The van der Waals surface area contributed by atoms with Crippen LogP contribution in [-0.2, 0) is 0 Å². The molecule has 1 amide bonds. The topological polar surface area (TPSA) is 42.0 Å². The van der Waals surface area contributed by atoms with Crippen LogP contribution in [0.4, 0.5) is 0 Å². The molecule has 142 valence electrons. The summed E-state index contributed by atoms with van der Waals surface area (Å²) in [5, 5.41) is 3.98. The largest absolute Gasteiger partial charge is 0.352 e. The monoisotopic (exact) mass is 434 g/mol. The average molecular weight is 435 g/mol. The molecule has 0 saturated carbocycles. The van der Waals surface area contributed by atoms with Crippen LogP contribution in [0.2, 0.25) is 0 Å². The molecular formula is C24H23BrN2O. The normalized spacial score (nSPS) is 14.0. The van der Waals surface area contributed by atoms with Gasteiger partial charge in [-0.15, -0.1) is 0 Å². The number of pyridine rings is 1. The summed E-state index contributed by atoms with van der Waals surface area (Å²) in [7, 11) is 0. The van der Waals surface area contributed by atoms with Crippen molar-refractivity contribution in [1.29, 1.82) is 0 Å². The third kappa shape index (κ3) is 4.33. The molecule has 4 rings (SSSR count). The van der Waals surface area contributed by atoms with Crippen LogP contribution in [0.15, 0.2) is 70.7 Å². The summed E-state index contributed by atoms with van der Waals surface area (Å²) in [6.45, 7) is 0.670. The Labute approximate surface area is 174 Å². The highest BCUT2D eigenvalue weighted by Crippen LogP contribution is 2.27. The Morgan fingerprint density at radius 3 is 2.71 bits per heavy atom. The molecule has 2 aromatic carbocycles. The number of nitrogens with zero attached hydrogens (tertiary/aromatic N) is 1. The molecule has 0 saturated heterocycles. The fourth-order valence-corrected chi connectivity index (χ4v) is 4.07. The van der Waals surface area contributed by atoms with Gasteiger partial charge in [-0.2, -0.15) is 0 Å². The third-order valence-corrected chi connectivity index (χ3v) is 5.69. The number of carbonyl (C=O) groups excluding carboxylic acids is 1. The van der Waals surface area contributed by atoms with Crippen LogP contribution in [0, 0.1) is 0 Å². The van der Waals surface area contributed by atoms with Crippen molar-refractivity contribution in [3.8, 4) is 11.3 Å². The molecule has 1 heterocycles. The Morgan fingerprint density at radius 2 is 1.93 bits per heavy atom. The van der Waals surface area contributed by atoms with E-state index in [2.05, 4.69) is 27.3 Å². The lowest BCUT2D eigenvalue weighted by molar-refractivity contribution is 0.0955. The van der Waals surface area contributed by atoms with E-state index < -0.39 is 0 Å². The van der Waals surface area contributed by atoms with E-state index in [9.17, 15) is 4.79 Å². The fourth-order valence-electron chi connectivity index (χ4n) is 3.71. The average Bonchev–Trinajstić information content (AvgIpc) is 2.74. The van der Waals surface area contributed by atoms with Crippen LogP contribution in [0.1, 0.15) is 42.5 Å². The molecule has 3 aromatic rings. The van der Waals surface area contributed by atoms with Crippen LogP contribution >= 0.6 is 15.9 Å². The molecule has 0 spiro atoms. The van der Waals surface area contributed by atoms with Gasteiger partial charge in [0.2, 0.25) is 0 Å². The predicted octanol–water partition coefficient (Wildman–Crippen LogP) is 6.28. The lowest BCUT2D eigenvalue weighted by Crippen LogP contribution is -2.25. The van der Waals surface area contributed by atoms with Crippen LogP contribution in [-0.4, -0.2) is 17.4 Å². The van der Waals surface area contributed by atoms with Gasteiger partial charge in [-0.05, 0) is 56.4 Å². The minimum atomic E-state index is -0.0425. The van der Waals surface area contributed by atoms with Gasteiger partial charge >= 0.3 is 0 Å². The molecule has 4 heteroatoms. The van der Waals surface area contributed by atoms with Gasteiger partial charge in [-0.3, -0.25) is 4.79 Å². The number of fused-ring (bicyclic) bond motifs is 1. The molecular weight excluding hydrogens is 412 g/mol. The van der Waals surface area contributed by atoms with Crippen molar-refractivity contribution in [3.63, 3.8) is 0 Å². The number of hydrogen-bond donors (Lipinski definition) is 1. The highest BCUT2D eigenvalue weighted by Gasteiger charge is 2.14. The molecule has 1 aliphatic rings. The molecule has 1 N–H and O–H groups in total. The zero-order valence-corrected chi connectivity index (χ0v) is 17.3. The van der Waals surface area contributed by atoms with Crippen molar-refractivity contribution < 1.29 is 4.79 Å². The summed E-state index contributed by atoms with van der Waals surface area (Å²) >= 11 is 3.52. The lowest BCUT2D eigenvalue weighted by Gasteiger charge is -2.14. The summed E-state index contributed by atoms with van der Waals surface area (Å²) in [4.78, 5) is 17.8. The van der Waals surface area contributed by atoms with E-state index in [1.807, 2.05) is 54.6 Å². The van der Waals surface area contributed by atoms with Gasteiger partial charge in [-0.1, -0.05) is 57.9 Å². The van der Waals surface area contributed by atoms with Crippen LogP contribution in [0.5, 0.6) is 0 Å². The number of nitrogens with one attached hydrogen (secondary N) is 1. The summed E-state index contributed by atoms with van der Waals surface area (Å²) in [5.41, 5.74) is 4.79. The maximum atomic E-state index is 13.0. The number of carbonyl (C=O) groups is 1. The summed E-state index contributed by atoms with van der Waals surface area (Å²) in [6.07, 6.45) is 8.16. The van der Waals surface area contributed by atoms with Crippen molar-refractivity contribution in [2.45, 2.75) is 32.1 Å². The Bertz CT molecular complexity index is 1030. The summed E-state index contributed by atoms with van der Waals surface area (Å²) in [5.74, 6) is -0.0425. The quantitative estimate of drug-likeness (QED) is 0.479. The zero-order valence-electron chi connectivity index (χ0n) is 15.7. The van der Waals surface area contributed by atoms with Crippen LogP contribution in [0.25, 0.3) is 22.2 Å². The zero-order chi connectivity index (χ0) is 19.3. The number of halogens is 1. The first-order chi connectivity index (χ1) is 13.7. The van der Waals surface area contributed by atoms with Gasteiger partial charge in [0.15, 0.2) is 0 Å². The number of aromatic nitrogens is 1. The smallest absolute Gasteiger partial charge is 0.252 e. The van der Waals surface area contributed by atoms with Gasteiger partial charge in [-0.25, -0.2) is 4.98 Å². The molecule has 0 aliphatic heterocycles. The maximum Gasteiger partial charge on any atom is 0.252 e. The molecule has 0 radical (unpaired) electrons. The molecule has 3 nitrogen and oxygen atoms in total. The van der Waals surface area contributed by atoms with E-state index in [0.717, 1.165) is 33.1 Å². The Balaban J connectivity index is 1.62. The van der Waals surface area contributed by atoms with Crippen molar-refractivity contribution in [1.82, 2.24) is 10.3 Å². The van der Waals surface area contributed by atoms with E-state index >= 15 is 0 Å². The second-order valence-electron chi connectivity index (χ2n) is 7.20. The first kappa shape index (κ1) is 18.9. The second-order valence-corrected chi connectivity index (χ2v) is 8.11. The molecule has 1 aromatic heterocycles. The van der Waals surface area contributed by atoms with Gasteiger partial charge < -0.3 is 5.32 Å². The third-order valence-electron chi connectivity index (χ3n) is 5.20. The van der Waals surface area contributed by atoms with Gasteiger partial charge in [0.1, 0.15) is 0 Å². The molecule has 0 bridgehead atoms. The molecule has 28 heavy (non-hydrogen) atoms. The number of amides is 1. The van der Waals surface area contributed by atoms with E-state index in [1.54, 1.807) is 0 Å². The summed E-state index contributed by atoms with van der Waals surface area (Å²) < 4.78 is 0.940. The van der Waals surface area contributed by atoms with E-state index in [-0.39, 0.29) is 5.91 Å². The highest BCUT2D eigenvalue weighted by molar-refractivity contribution is 9.10. The van der Waals surface area contributed by atoms with Gasteiger partial charge in [0.05, 0.1) is 16.8 Å². The second kappa shape index (κ2) is 8.70. The van der Waals surface area contributed by atoms with Crippen molar-refractivity contribution >= 4 is 32.7 Å². The maximum absolute atomic E-state index is 13.0. The van der Waals surface area contributed by atoms with Crippen molar-refractivity contribution in [2.75, 3.05) is 6.54 Å². The Kier molecular flexibility index (Phi) is 5.87. The Morgan fingerprint density at radius 1 is 1.07 bits per heavy atom. The minimum Gasteiger partial charge on any atom is -0.352 e. The standard InChI is InChI=1S/C24H23BrN2O/c25-19-11-12-22-20(15-19)21(16-23(27-22)18-9-5-2-6-10-18)24(28)26-14-13-17-7-3-1-4-8-17/h2,5-7,9-12,15-16H,1,3-4,8,13-14H2,(H,26,28). The van der Waals surface area contributed by atoms with Crippen molar-refractivity contribution in [2.24, 2.45) is 0 Å². The highest BCUT2D eigenvalue weighted by atomic mass is 79.9. The number of benzene rings is 2. The van der Waals surface area contributed by atoms with E-state index in [1.165, 1.54) is 31.3 Å². The minimum absolute atomic E-state index is 0.0425. The van der Waals surface area contributed by atoms with Crippen molar-refractivity contribution in [3.05, 3.63) is 76.3 Å². The number of allylic oxidation sites excluding steroid dienone is 1. The molecule has 0 fully saturated rings. The predicted molar refractivity (Wildman–Crippen MR) is 118 cm³/mol. The Hall–Kier alpha value is -2.46. The molecule has 1 aliphatic carbocycles.